The molecule has 1 aromatic heterocycles. The molecule has 0 aliphatic carbocycles. The van der Waals surface area contributed by atoms with E-state index in [-0.39, 0.29) is 5.82 Å². The first-order valence-corrected chi connectivity index (χ1v) is 6.16. The standard InChI is InChI=1S/C14H17FN4/c1-2-19(13-8-4-3-7-12(13)15)10-11-6-5-9-17-14(11)18-16/h3-9H,2,10,16H2,1H3,(H,17,18). The first kappa shape index (κ1) is 13.3. The van der Waals surface area contributed by atoms with Gasteiger partial charge in [0.05, 0.1) is 5.69 Å². The number of halogens is 1. The van der Waals surface area contributed by atoms with Crippen molar-refractivity contribution in [3.8, 4) is 0 Å². The summed E-state index contributed by atoms with van der Waals surface area (Å²) in [5.41, 5.74) is 4.07. The number of hydrogen-bond donors (Lipinski definition) is 2. The Labute approximate surface area is 112 Å². The summed E-state index contributed by atoms with van der Waals surface area (Å²) in [6, 6.07) is 10.5. The Hall–Kier alpha value is -2.14. The Morgan fingerprint density at radius 1 is 1.26 bits per heavy atom. The van der Waals surface area contributed by atoms with Gasteiger partial charge in [0, 0.05) is 24.8 Å². The third-order valence-corrected chi connectivity index (χ3v) is 2.96. The van der Waals surface area contributed by atoms with Gasteiger partial charge in [-0.05, 0) is 25.1 Å². The molecule has 0 radical (unpaired) electrons. The van der Waals surface area contributed by atoms with Crippen molar-refractivity contribution in [3.05, 3.63) is 54.0 Å². The summed E-state index contributed by atoms with van der Waals surface area (Å²) in [7, 11) is 0. The normalized spacial score (nSPS) is 10.3. The lowest BCUT2D eigenvalue weighted by atomic mass is 10.2. The summed E-state index contributed by atoms with van der Waals surface area (Å²) in [5.74, 6) is 5.81. The molecular weight excluding hydrogens is 243 g/mol. The van der Waals surface area contributed by atoms with E-state index in [0.717, 1.165) is 5.56 Å². The Morgan fingerprint density at radius 3 is 2.74 bits per heavy atom. The first-order valence-electron chi connectivity index (χ1n) is 6.16. The third-order valence-electron chi connectivity index (χ3n) is 2.96. The smallest absolute Gasteiger partial charge is 0.146 e. The molecule has 3 N–H and O–H groups in total. The molecule has 0 saturated carbocycles. The van der Waals surface area contributed by atoms with E-state index in [0.29, 0.717) is 24.6 Å². The maximum absolute atomic E-state index is 13.8. The predicted octanol–water partition coefficient (Wildman–Crippen LogP) is 2.53. The van der Waals surface area contributed by atoms with Crippen LogP contribution in [0.4, 0.5) is 15.9 Å². The average Bonchev–Trinajstić information content (AvgIpc) is 2.46. The van der Waals surface area contributed by atoms with E-state index in [4.69, 9.17) is 5.84 Å². The molecule has 0 amide bonds. The van der Waals surface area contributed by atoms with Crippen molar-refractivity contribution >= 4 is 11.5 Å². The number of para-hydroxylation sites is 1. The van der Waals surface area contributed by atoms with Crippen LogP contribution < -0.4 is 16.2 Å². The zero-order valence-corrected chi connectivity index (χ0v) is 10.8. The number of nitrogens with zero attached hydrogens (tertiary/aromatic N) is 2. The maximum atomic E-state index is 13.8. The van der Waals surface area contributed by atoms with Crippen LogP contribution in [0, 0.1) is 5.82 Å². The minimum Gasteiger partial charge on any atom is -0.365 e. The van der Waals surface area contributed by atoms with Crippen LogP contribution in [0.2, 0.25) is 0 Å². The lowest BCUT2D eigenvalue weighted by Gasteiger charge is -2.24. The van der Waals surface area contributed by atoms with Crippen LogP contribution in [-0.2, 0) is 6.54 Å². The number of pyridine rings is 1. The van der Waals surface area contributed by atoms with E-state index in [1.54, 1.807) is 18.3 Å². The largest absolute Gasteiger partial charge is 0.365 e. The first-order chi connectivity index (χ1) is 9.26. The monoisotopic (exact) mass is 260 g/mol. The number of aromatic nitrogens is 1. The average molecular weight is 260 g/mol. The number of anilines is 2. The second-order valence-corrected chi connectivity index (χ2v) is 4.12. The van der Waals surface area contributed by atoms with E-state index in [2.05, 4.69) is 10.4 Å². The van der Waals surface area contributed by atoms with Gasteiger partial charge in [-0.25, -0.2) is 15.2 Å². The zero-order valence-electron chi connectivity index (χ0n) is 10.8. The number of benzene rings is 1. The van der Waals surface area contributed by atoms with Crippen molar-refractivity contribution < 1.29 is 4.39 Å². The fraction of sp³-hybridized carbons (Fsp3) is 0.214. The van der Waals surface area contributed by atoms with Crippen LogP contribution in [0.15, 0.2) is 42.6 Å². The quantitative estimate of drug-likeness (QED) is 0.640. The molecule has 19 heavy (non-hydrogen) atoms. The van der Waals surface area contributed by atoms with Gasteiger partial charge in [0.2, 0.25) is 0 Å². The number of nitrogen functional groups attached to an aromatic ring is 1. The number of nitrogens with two attached hydrogens (primary N) is 1. The molecule has 0 atom stereocenters. The second kappa shape index (κ2) is 6.15. The molecule has 0 bridgehead atoms. The Balaban J connectivity index is 2.27. The molecular formula is C14H17FN4. The van der Waals surface area contributed by atoms with Gasteiger partial charge in [-0.3, -0.25) is 0 Å². The van der Waals surface area contributed by atoms with Crippen molar-refractivity contribution in [1.29, 1.82) is 0 Å². The molecule has 2 aromatic rings. The van der Waals surface area contributed by atoms with E-state index in [9.17, 15) is 4.39 Å². The number of hydrazine groups is 1. The molecule has 0 unspecified atom stereocenters. The molecule has 2 rings (SSSR count). The van der Waals surface area contributed by atoms with Crippen LogP contribution in [0.5, 0.6) is 0 Å². The SMILES string of the molecule is CCN(Cc1cccnc1NN)c1ccccc1F. The van der Waals surface area contributed by atoms with Crippen molar-refractivity contribution in [2.75, 3.05) is 16.9 Å². The number of rotatable bonds is 5. The lowest BCUT2D eigenvalue weighted by molar-refractivity contribution is 0.618. The highest BCUT2D eigenvalue weighted by Gasteiger charge is 2.12. The van der Waals surface area contributed by atoms with Crippen molar-refractivity contribution in [2.45, 2.75) is 13.5 Å². The molecule has 1 aromatic carbocycles. The molecule has 0 aliphatic heterocycles. The van der Waals surface area contributed by atoms with Crippen LogP contribution in [0.3, 0.4) is 0 Å². The van der Waals surface area contributed by atoms with Crippen LogP contribution >= 0.6 is 0 Å². The van der Waals surface area contributed by atoms with Gasteiger partial charge in [-0.15, -0.1) is 0 Å². The minimum atomic E-state index is -0.226. The summed E-state index contributed by atoms with van der Waals surface area (Å²) >= 11 is 0. The summed E-state index contributed by atoms with van der Waals surface area (Å²) in [6.45, 7) is 3.23. The second-order valence-electron chi connectivity index (χ2n) is 4.12. The Kier molecular flexibility index (Phi) is 4.30. The van der Waals surface area contributed by atoms with E-state index in [1.807, 2.05) is 30.0 Å². The molecule has 1 heterocycles. The Morgan fingerprint density at radius 2 is 2.05 bits per heavy atom. The van der Waals surface area contributed by atoms with E-state index >= 15 is 0 Å². The summed E-state index contributed by atoms with van der Waals surface area (Å²) in [5, 5.41) is 0. The highest BCUT2D eigenvalue weighted by molar-refractivity contribution is 5.51. The molecule has 0 fully saturated rings. The number of nitrogens with one attached hydrogen (secondary N) is 1. The molecule has 0 aliphatic rings. The summed E-state index contributed by atoms with van der Waals surface area (Å²) in [6.07, 6.45) is 1.66. The summed E-state index contributed by atoms with van der Waals surface area (Å²) in [4.78, 5) is 6.08. The highest BCUT2D eigenvalue weighted by Crippen LogP contribution is 2.22. The molecule has 4 nitrogen and oxygen atoms in total. The van der Waals surface area contributed by atoms with Gasteiger partial charge in [-0.1, -0.05) is 18.2 Å². The van der Waals surface area contributed by atoms with Gasteiger partial charge < -0.3 is 10.3 Å². The van der Waals surface area contributed by atoms with Crippen molar-refractivity contribution in [2.24, 2.45) is 5.84 Å². The predicted molar refractivity (Wildman–Crippen MR) is 75.2 cm³/mol. The van der Waals surface area contributed by atoms with E-state index in [1.165, 1.54) is 6.07 Å². The molecule has 0 saturated heterocycles. The third kappa shape index (κ3) is 3.00. The fourth-order valence-corrected chi connectivity index (χ4v) is 1.98. The topological polar surface area (TPSA) is 54.2 Å². The van der Waals surface area contributed by atoms with Crippen molar-refractivity contribution in [3.63, 3.8) is 0 Å². The molecule has 100 valence electrons. The minimum absolute atomic E-state index is 0.226. The lowest BCUT2D eigenvalue weighted by Crippen LogP contribution is -2.24. The molecule has 5 heteroatoms. The van der Waals surface area contributed by atoms with Crippen molar-refractivity contribution in [1.82, 2.24) is 4.98 Å². The van der Waals surface area contributed by atoms with Crippen LogP contribution in [0.1, 0.15) is 12.5 Å². The fourth-order valence-electron chi connectivity index (χ4n) is 1.98. The number of hydrogen-bond acceptors (Lipinski definition) is 4. The van der Waals surface area contributed by atoms with Crippen LogP contribution in [0.25, 0.3) is 0 Å². The Bertz CT molecular complexity index is 544. The van der Waals surface area contributed by atoms with Gasteiger partial charge in [0.1, 0.15) is 11.6 Å². The summed E-state index contributed by atoms with van der Waals surface area (Å²) < 4.78 is 13.8. The van der Waals surface area contributed by atoms with Gasteiger partial charge in [0.15, 0.2) is 0 Å². The van der Waals surface area contributed by atoms with E-state index < -0.39 is 0 Å². The highest BCUT2D eigenvalue weighted by atomic mass is 19.1. The molecule has 0 spiro atoms. The van der Waals surface area contributed by atoms with Gasteiger partial charge in [0.25, 0.3) is 0 Å². The maximum Gasteiger partial charge on any atom is 0.146 e. The van der Waals surface area contributed by atoms with Gasteiger partial charge >= 0.3 is 0 Å². The zero-order chi connectivity index (χ0) is 13.7. The van der Waals surface area contributed by atoms with Crippen LogP contribution in [-0.4, -0.2) is 11.5 Å². The van der Waals surface area contributed by atoms with Gasteiger partial charge in [-0.2, -0.15) is 0 Å².